The number of hydrogen-bond donors (Lipinski definition) is 1. The Morgan fingerprint density at radius 3 is 2.38 bits per heavy atom. The van der Waals surface area contributed by atoms with E-state index in [1.54, 1.807) is 14.1 Å². The first-order chi connectivity index (χ1) is 11.1. The van der Waals surface area contributed by atoms with Crippen molar-refractivity contribution in [1.82, 2.24) is 9.88 Å². The van der Waals surface area contributed by atoms with Crippen LogP contribution in [0.3, 0.4) is 0 Å². The zero-order chi connectivity index (χ0) is 18.1. The maximum atomic E-state index is 12.5. The minimum atomic E-state index is -4.09. The molecule has 10 heteroatoms. The highest BCUT2D eigenvalue weighted by atomic mass is 35.5. The van der Waals surface area contributed by atoms with Crippen molar-refractivity contribution >= 4 is 56.4 Å². The van der Waals surface area contributed by atoms with E-state index in [1.807, 2.05) is 0 Å². The number of hydrogen-bond acceptors (Lipinski definition) is 4. The van der Waals surface area contributed by atoms with Gasteiger partial charge in [0.25, 0.3) is 15.9 Å². The van der Waals surface area contributed by atoms with E-state index >= 15 is 0 Å². The summed E-state index contributed by atoms with van der Waals surface area (Å²) in [6.45, 7) is 0. The average Bonchev–Trinajstić information content (AvgIpc) is 2.45. The van der Waals surface area contributed by atoms with Crippen molar-refractivity contribution < 1.29 is 13.2 Å². The predicted octanol–water partition coefficient (Wildman–Crippen LogP) is 3.54. The summed E-state index contributed by atoms with van der Waals surface area (Å²) in [4.78, 5) is 16.9. The third-order valence-corrected chi connectivity index (χ3v) is 5.18. The highest BCUT2D eigenvalue weighted by Crippen LogP contribution is 2.27. The van der Waals surface area contributed by atoms with Gasteiger partial charge in [-0.3, -0.25) is 9.52 Å². The van der Waals surface area contributed by atoms with Gasteiger partial charge in [-0.15, -0.1) is 0 Å². The number of nitrogens with one attached hydrogen (secondary N) is 1. The van der Waals surface area contributed by atoms with Gasteiger partial charge in [0.15, 0.2) is 5.15 Å². The molecule has 0 aliphatic heterocycles. The molecular weight excluding hydrogens is 397 g/mol. The molecule has 6 nitrogen and oxygen atoms in total. The Hall–Kier alpha value is -1.54. The van der Waals surface area contributed by atoms with Gasteiger partial charge >= 0.3 is 0 Å². The number of amides is 1. The number of nitrogens with zero attached hydrogens (tertiary/aromatic N) is 2. The van der Waals surface area contributed by atoms with Gasteiger partial charge in [0, 0.05) is 19.1 Å². The van der Waals surface area contributed by atoms with Crippen LogP contribution >= 0.6 is 34.8 Å². The third kappa shape index (κ3) is 4.10. The van der Waals surface area contributed by atoms with Crippen molar-refractivity contribution in [3.63, 3.8) is 0 Å². The fraction of sp³-hybridized carbons (Fsp3) is 0.143. The maximum absolute atomic E-state index is 12.5. The molecule has 1 N–H and O–H groups in total. The summed E-state index contributed by atoms with van der Waals surface area (Å²) < 4.78 is 27.4. The molecule has 0 saturated heterocycles. The SMILES string of the molecule is CN(C)C(=O)c1ccc(Cl)cc1NS(=O)(=O)c1ccc(Cl)nc1Cl. The number of anilines is 1. The number of carbonyl (C=O) groups excluding carboxylic acids is 1. The molecule has 128 valence electrons. The highest BCUT2D eigenvalue weighted by Gasteiger charge is 2.23. The normalized spacial score (nSPS) is 11.2. The molecular formula is C14H12Cl3N3O3S. The maximum Gasteiger partial charge on any atom is 0.264 e. The van der Waals surface area contributed by atoms with E-state index in [0.29, 0.717) is 0 Å². The minimum absolute atomic E-state index is 0.0345. The van der Waals surface area contributed by atoms with Crippen LogP contribution < -0.4 is 4.72 Å². The molecule has 0 aliphatic carbocycles. The summed E-state index contributed by atoms with van der Waals surface area (Å²) in [5.74, 6) is -0.385. The van der Waals surface area contributed by atoms with Crippen molar-refractivity contribution in [1.29, 1.82) is 0 Å². The Kier molecular flexibility index (Phi) is 5.59. The minimum Gasteiger partial charge on any atom is -0.345 e. The molecule has 0 bridgehead atoms. The monoisotopic (exact) mass is 407 g/mol. The number of rotatable bonds is 4. The third-order valence-electron chi connectivity index (χ3n) is 2.93. The van der Waals surface area contributed by atoms with E-state index < -0.39 is 10.0 Å². The van der Waals surface area contributed by atoms with E-state index in [2.05, 4.69) is 9.71 Å². The van der Waals surface area contributed by atoms with Gasteiger partial charge in [-0.05, 0) is 30.3 Å². The van der Waals surface area contributed by atoms with Crippen molar-refractivity contribution in [3.8, 4) is 0 Å². The number of sulfonamides is 1. The molecule has 1 aromatic carbocycles. The molecule has 1 amide bonds. The van der Waals surface area contributed by atoms with Gasteiger partial charge in [-0.25, -0.2) is 13.4 Å². The van der Waals surface area contributed by atoms with Crippen LogP contribution in [0.4, 0.5) is 5.69 Å². The summed E-state index contributed by atoms with van der Waals surface area (Å²) >= 11 is 17.4. The van der Waals surface area contributed by atoms with Crippen molar-refractivity contribution in [2.24, 2.45) is 0 Å². The van der Waals surface area contributed by atoms with Crippen LogP contribution in [0.15, 0.2) is 35.2 Å². The summed E-state index contributed by atoms with van der Waals surface area (Å²) in [6.07, 6.45) is 0. The van der Waals surface area contributed by atoms with Crippen LogP contribution in [-0.2, 0) is 10.0 Å². The molecule has 2 aromatic rings. The second-order valence-electron chi connectivity index (χ2n) is 4.92. The molecule has 0 atom stereocenters. The van der Waals surface area contributed by atoms with E-state index in [-0.39, 0.29) is 37.4 Å². The zero-order valence-electron chi connectivity index (χ0n) is 12.5. The largest absolute Gasteiger partial charge is 0.345 e. The van der Waals surface area contributed by atoms with Crippen LogP contribution in [0.25, 0.3) is 0 Å². The van der Waals surface area contributed by atoms with Gasteiger partial charge in [0.2, 0.25) is 0 Å². The molecule has 0 unspecified atom stereocenters. The van der Waals surface area contributed by atoms with Crippen LogP contribution in [0.2, 0.25) is 15.3 Å². The van der Waals surface area contributed by atoms with Crippen LogP contribution in [0.1, 0.15) is 10.4 Å². The van der Waals surface area contributed by atoms with E-state index in [9.17, 15) is 13.2 Å². The number of halogens is 3. The molecule has 2 rings (SSSR count). The number of benzene rings is 1. The standard InChI is InChI=1S/C14H12Cl3N3O3S/c1-20(2)14(21)9-4-3-8(15)7-10(9)19-24(22,23)11-5-6-12(16)18-13(11)17/h3-7,19H,1-2H3. The lowest BCUT2D eigenvalue weighted by Gasteiger charge is -2.16. The van der Waals surface area contributed by atoms with Crippen molar-refractivity contribution in [2.75, 3.05) is 18.8 Å². The van der Waals surface area contributed by atoms with Gasteiger partial charge in [-0.2, -0.15) is 0 Å². The topological polar surface area (TPSA) is 79.4 Å². The van der Waals surface area contributed by atoms with Gasteiger partial charge < -0.3 is 4.90 Å². The Bertz CT molecular complexity index is 901. The smallest absolute Gasteiger partial charge is 0.264 e. The van der Waals surface area contributed by atoms with Crippen LogP contribution in [0.5, 0.6) is 0 Å². The summed E-state index contributed by atoms with van der Waals surface area (Å²) in [5.41, 5.74) is 0.179. The quantitative estimate of drug-likeness (QED) is 0.785. The summed E-state index contributed by atoms with van der Waals surface area (Å²) in [5, 5.41) is 0.0472. The Labute approximate surface area is 154 Å². The first-order valence-corrected chi connectivity index (χ1v) is 9.09. The lowest BCUT2D eigenvalue weighted by molar-refractivity contribution is 0.0828. The average molecular weight is 409 g/mol. The fourth-order valence-corrected chi connectivity index (χ4v) is 3.73. The Balaban J connectivity index is 2.50. The highest BCUT2D eigenvalue weighted by molar-refractivity contribution is 7.92. The molecule has 0 fully saturated rings. The predicted molar refractivity (Wildman–Crippen MR) is 94.5 cm³/mol. The van der Waals surface area contributed by atoms with Crippen LogP contribution in [0, 0.1) is 0 Å². The number of carbonyl (C=O) groups is 1. The molecule has 24 heavy (non-hydrogen) atoms. The van der Waals surface area contributed by atoms with Gasteiger partial charge in [0.05, 0.1) is 11.3 Å². The lowest BCUT2D eigenvalue weighted by Crippen LogP contribution is -2.24. The van der Waals surface area contributed by atoms with Crippen molar-refractivity contribution in [3.05, 3.63) is 51.2 Å². The van der Waals surface area contributed by atoms with Gasteiger partial charge in [-0.1, -0.05) is 34.8 Å². The molecule has 0 radical (unpaired) electrons. The second kappa shape index (κ2) is 7.14. The molecule has 0 spiro atoms. The number of pyridine rings is 1. The molecule has 0 aliphatic rings. The first kappa shape index (κ1) is 18.8. The second-order valence-corrected chi connectivity index (χ2v) is 7.75. The van der Waals surface area contributed by atoms with Crippen molar-refractivity contribution in [2.45, 2.75) is 4.90 Å². The van der Waals surface area contributed by atoms with Gasteiger partial charge in [0.1, 0.15) is 10.0 Å². The zero-order valence-corrected chi connectivity index (χ0v) is 15.6. The van der Waals surface area contributed by atoms with E-state index in [0.717, 1.165) is 0 Å². The Morgan fingerprint density at radius 1 is 1.12 bits per heavy atom. The van der Waals surface area contributed by atoms with E-state index in [1.165, 1.54) is 35.2 Å². The Morgan fingerprint density at radius 2 is 1.79 bits per heavy atom. The molecule has 0 saturated carbocycles. The van der Waals surface area contributed by atoms with E-state index in [4.69, 9.17) is 34.8 Å². The summed E-state index contributed by atoms with van der Waals surface area (Å²) in [6, 6.07) is 6.79. The molecule has 1 heterocycles. The fourth-order valence-electron chi connectivity index (χ4n) is 1.83. The summed E-state index contributed by atoms with van der Waals surface area (Å²) in [7, 11) is -0.990. The lowest BCUT2D eigenvalue weighted by atomic mass is 10.1. The number of aromatic nitrogens is 1. The van der Waals surface area contributed by atoms with Crippen LogP contribution in [-0.4, -0.2) is 38.3 Å². The first-order valence-electron chi connectivity index (χ1n) is 6.48. The molecule has 1 aromatic heterocycles.